The molecular formula is C13H15BrN2OS. The highest BCUT2D eigenvalue weighted by Gasteiger charge is 2.04. The van der Waals surface area contributed by atoms with Gasteiger partial charge in [-0.1, -0.05) is 30.4 Å². The van der Waals surface area contributed by atoms with Crippen LogP contribution in [0.5, 0.6) is 5.75 Å². The summed E-state index contributed by atoms with van der Waals surface area (Å²) in [7, 11) is 0. The standard InChI is InChI=1S/C13H15BrN2OS/c1-2-7-15-13-16-8-10(18-13)9-17-12-6-4-3-5-11(12)14/h3-6,8H,2,7,9H2,1H3,(H,15,16). The van der Waals surface area contributed by atoms with Gasteiger partial charge in [-0.05, 0) is 34.5 Å². The molecule has 0 aliphatic rings. The molecule has 0 atom stereocenters. The minimum absolute atomic E-state index is 0.550. The predicted molar refractivity (Wildman–Crippen MR) is 79.4 cm³/mol. The Labute approximate surface area is 119 Å². The van der Waals surface area contributed by atoms with Crippen LogP contribution in [0.1, 0.15) is 18.2 Å². The van der Waals surface area contributed by atoms with Crippen LogP contribution in [0.2, 0.25) is 0 Å². The number of hydrogen-bond acceptors (Lipinski definition) is 4. The van der Waals surface area contributed by atoms with E-state index in [4.69, 9.17) is 4.74 Å². The van der Waals surface area contributed by atoms with Gasteiger partial charge in [-0.15, -0.1) is 0 Å². The van der Waals surface area contributed by atoms with Crippen LogP contribution >= 0.6 is 27.3 Å². The van der Waals surface area contributed by atoms with Crippen LogP contribution in [0, 0.1) is 0 Å². The van der Waals surface area contributed by atoms with E-state index < -0.39 is 0 Å². The average molecular weight is 327 g/mol. The van der Waals surface area contributed by atoms with Crippen molar-refractivity contribution in [2.75, 3.05) is 11.9 Å². The number of rotatable bonds is 6. The summed E-state index contributed by atoms with van der Waals surface area (Å²) in [5.74, 6) is 0.856. The minimum atomic E-state index is 0.550. The van der Waals surface area contributed by atoms with Crippen LogP contribution in [-0.2, 0) is 6.61 Å². The summed E-state index contributed by atoms with van der Waals surface area (Å²) in [4.78, 5) is 5.42. The van der Waals surface area contributed by atoms with Gasteiger partial charge in [-0.2, -0.15) is 0 Å². The molecule has 0 bridgehead atoms. The van der Waals surface area contributed by atoms with Gasteiger partial charge in [0.05, 0.1) is 9.35 Å². The fourth-order valence-corrected chi connectivity index (χ4v) is 2.55. The highest BCUT2D eigenvalue weighted by Crippen LogP contribution is 2.26. The second-order valence-corrected chi connectivity index (χ2v) is 5.75. The van der Waals surface area contributed by atoms with E-state index in [1.54, 1.807) is 11.3 Å². The number of nitrogens with one attached hydrogen (secondary N) is 1. The van der Waals surface area contributed by atoms with E-state index >= 15 is 0 Å². The van der Waals surface area contributed by atoms with Crippen LogP contribution in [-0.4, -0.2) is 11.5 Å². The van der Waals surface area contributed by atoms with Gasteiger partial charge in [0.25, 0.3) is 0 Å². The summed E-state index contributed by atoms with van der Waals surface area (Å²) in [5.41, 5.74) is 0. The molecule has 1 aromatic heterocycles. The first-order valence-corrected chi connectivity index (χ1v) is 7.46. The summed E-state index contributed by atoms with van der Waals surface area (Å²) in [5, 5.41) is 4.23. The number of para-hydroxylation sites is 1. The second kappa shape index (κ2) is 6.75. The third-order valence-electron chi connectivity index (χ3n) is 2.29. The van der Waals surface area contributed by atoms with Crippen molar-refractivity contribution in [3.8, 4) is 5.75 Å². The Bertz CT molecular complexity index is 501. The van der Waals surface area contributed by atoms with E-state index in [1.165, 1.54) is 0 Å². The molecule has 96 valence electrons. The molecule has 0 spiro atoms. The topological polar surface area (TPSA) is 34.2 Å². The van der Waals surface area contributed by atoms with E-state index in [-0.39, 0.29) is 0 Å². The summed E-state index contributed by atoms with van der Waals surface area (Å²) in [6.07, 6.45) is 2.96. The monoisotopic (exact) mass is 326 g/mol. The number of halogens is 1. The maximum absolute atomic E-state index is 5.74. The zero-order chi connectivity index (χ0) is 12.8. The lowest BCUT2D eigenvalue weighted by atomic mass is 10.3. The number of nitrogens with zero attached hydrogens (tertiary/aromatic N) is 1. The number of benzene rings is 1. The normalized spacial score (nSPS) is 10.3. The van der Waals surface area contributed by atoms with Gasteiger partial charge in [0, 0.05) is 12.7 Å². The Morgan fingerprint density at radius 3 is 3.00 bits per heavy atom. The highest BCUT2D eigenvalue weighted by atomic mass is 79.9. The molecule has 0 fully saturated rings. The molecule has 0 amide bonds. The third-order valence-corrected chi connectivity index (χ3v) is 3.87. The maximum Gasteiger partial charge on any atom is 0.182 e. The Morgan fingerprint density at radius 2 is 2.22 bits per heavy atom. The van der Waals surface area contributed by atoms with Crippen LogP contribution in [0.4, 0.5) is 5.13 Å². The molecule has 18 heavy (non-hydrogen) atoms. The number of aromatic nitrogens is 1. The van der Waals surface area contributed by atoms with Crippen molar-refractivity contribution in [2.45, 2.75) is 20.0 Å². The molecule has 3 nitrogen and oxygen atoms in total. The highest BCUT2D eigenvalue weighted by molar-refractivity contribution is 9.10. The largest absolute Gasteiger partial charge is 0.487 e. The Kier molecular flexibility index (Phi) is 5.01. The van der Waals surface area contributed by atoms with Crippen LogP contribution < -0.4 is 10.1 Å². The predicted octanol–water partition coefficient (Wildman–Crippen LogP) is 4.31. The van der Waals surface area contributed by atoms with Crippen LogP contribution in [0.25, 0.3) is 0 Å². The van der Waals surface area contributed by atoms with Gasteiger partial charge in [-0.3, -0.25) is 0 Å². The lowest BCUT2D eigenvalue weighted by Gasteiger charge is -2.05. The first-order valence-electron chi connectivity index (χ1n) is 5.85. The lowest BCUT2D eigenvalue weighted by molar-refractivity contribution is 0.307. The molecule has 2 rings (SSSR count). The Morgan fingerprint density at radius 1 is 1.39 bits per heavy atom. The molecule has 0 unspecified atom stereocenters. The molecule has 1 aromatic carbocycles. The molecule has 1 heterocycles. The average Bonchev–Trinajstić information content (AvgIpc) is 2.83. The minimum Gasteiger partial charge on any atom is -0.487 e. The SMILES string of the molecule is CCCNc1ncc(COc2ccccc2Br)s1. The van der Waals surface area contributed by atoms with E-state index in [2.05, 4.69) is 33.2 Å². The Balaban J connectivity index is 1.90. The number of thiazole rings is 1. The van der Waals surface area contributed by atoms with Crippen molar-refractivity contribution >= 4 is 32.4 Å². The summed E-state index contributed by atoms with van der Waals surface area (Å²) < 4.78 is 6.71. The number of anilines is 1. The van der Waals surface area contributed by atoms with E-state index in [0.717, 1.165) is 33.2 Å². The van der Waals surface area contributed by atoms with Gasteiger partial charge in [0.2, 0.25) is 0 Å². The van der Waals surface area contributed by atoms with Crippen LogP contribution in [0.15, 0.2) is 34.9 Å². The quantitative estimate of drug-likeness (QED) is 0.859. The van der Waals surface area contributed by atoms with E-state index in [9.17, 15) is 0 Å². The molecule has 1 N–H and O–H groups in total. The summed E-state index contributed by atoms with van der Waals surface area (Å²) in [6.45, 7) is 3.64. The Hall–Kier alpha value is -1.07. The van der Waals surface area contributed by atoms with Crippen molar-refractivity contribution in [2.24, 2.45) is 0 Å². The zero-order valence-corrected chi connectivity index (χ0v) is 12.6. The fourth-order valence-electron chi connectivity index (χ4n) is 1.40. The van der Waals surface area contributed by atoms with E-state index in [0.29, 0.717) is 6.61 Å². The lowest BCUT2D eigenvalue weighted by Crippen LogP contribution is -1.97. The van der Waals surface area contributed by atoms with Crippen molar-refractivity contribution in [1.82, 2.24) is 4.98 Å². The molecule has 2 aromatic rings. The summed E-state index contributed by atoms with van der Waals surface area (Å²) >= 11 is 5.10. The number of hydrogen-bond donors (Lipinski definition) is 1. The first-order chi connectivity index (χ1) is 8.79. The maximum atomic E-state index is 5.74. The van der Waals surface area contributed by atoms with Gasteiger partial charge in [0.15, 0.2) is 5.13 Å². The fraction of sp³-hybridized carbons (Fsp3) is 0.308. The van der Waals surface area contributed by atoms with Crippen molar-refractivity contribution in [3.05, 3.63) is 39.8 Å². The third kappa shape index (κ3) is 3.71. The van der Waals surface area contributed by atoms with E-state index in [1.807, 2.05) is 30.5 Å². The molecule has 0 radical (unpaired) electrons. The summed E-state index contributed by atoms with van der Waals surface area (Å²) in [6, 6.07) is 7.84. The molecular weight excluding hydrogens is 312 g/mol. The molecule has 0 saturated carbocycles. The van der Waals surface area contributed by atoms with Gasteiger partial charge in [-0.25, -0.2) is 4.98 Å². The van der Waals surface area contributed by atoms with Crippen molar-refractivity contribution < 1.29 is 4.74 Å². The second-order valence-electron chi connectivity index (χ2n) is 3.78. The molecule has 0 aliphatic heterocycles. The van der Waals surface area contributed by atoms with Crippen LogP contribution in [0.3, 0.4) is 0 Å². The zero-order valence-electron chi connectivity index (χ0n) is 10.1. The van der Waals surface area contributed by atoms with Crippen molar-refractivity contribution in [3.63, 3.8) is 0 Å². The first kappa shape index (κ1) is 13.4. The van der Waals surface area contributed by atoms with Gasteiger partial charge in [0.1, 0.15) is 12.4 Å². The van der Waals surface area contributed by atoms with Gasteiger partial charge >= 0.3 is 0 Å². The smallest absolute Gasteiger partial charge is 0.182 e. The molecule has 5 heteroatoms. The molecule has 0 saturated heterocycles. The van der Waals surface area contributed by atoms with Crippen molar-refractivity contribution in [1.29, 1.82) is 0 Å². The van der Waals surface area contributed by atoms with Gasteiger partial charge < -0.3 is 10.1 Å². The number of ether oxygens (including phenoxy) is 1. The molecule has 0 aliphatic carbocycles.